The third-order valence-electron chi connectivity index (χ3n) is 4.78. The zero-order chi connectivity index (χ0) is 22.8. The summed E-state index contributed by atoms with van der Waals surface area (Å²) in [5, 5.41) is 5.55. The first-order chi connectivity index (χ1) is 15.3. The van der Waals surface area contributed by atoms with Gasteiger partial charge in [0.2, 0.25) is 5.91 Å². The number of hydrogen-bond donors (Lipinski definition) is 2. The molecule has 2 N–H and O–H groups in total. The minimum absolute atomic E-state index is 0.0100. The number of halogens is 2. The molecule has 3 amide bonds. The number of carbonyl (C=O) groups excluding carboxylic acids is 3. The van der Waals surface area contributed by atoms with Crippen LogP contribution in [0.4, 0.5) is 25.8 Å². The van der Waals surface area contributed by atoms with Gasteiger partial charge < -0.3 is 10.6 Å². The van der Waals surface area contributed by atoms with Crippen LogP contribution in [0.1, 0.15) is 12.5 Å². The molecule has 6 nitrogen and oxygen atoms in total. The second-order valence-electron chi connectivity index (χ2n) is 7.04. The quantitative estimate of drug-likeness (QED) is 0.588. The van der Waals surface area contributed by atoms with Crippen molar-refractivity contribution in [2.45, 2.75) is 6.92 Å². The van der Waals surface area contributed by atoms with E-state index in [1.165, 1.54) is 49.4 Å². The zero-order valence-electron chi connectivity index (χ0n) is 16.9. The highest BCUT2D eigenvalue weighted by molar-refractivity contribution is 6.46. The van der Waals surface area contributed by atoms with Gasteiger partial charge in [0.1, 0.15) is 17.3 Å². The molecule has 1 aliphatic heterocycles. The van der Waals surface area contributed by atoms with Crippen LogP contribution in [0.2, 0.25) is 0 Å². The van der Waals surface area contributed by atoms with E-state index in [9.17, 15) is 23.2 Å². The smallest absolute Gasteiger partial charge is 0.282 e. The standard InChI is InChI=1S/C24H17F2N3O3/c1-14(30)27-17-10-12-18(13-11-17)28-22-21(15-6-8-16(25)9-7-15)23(31)29(24(22)32)20-5-3-2-4-19(20)26/h2-13,28H,1H3,(H,27,30). The van der Waals surface area contributed by atoms with Gasteiger partial charge in [-0.05, 0) is 54.1 Å². The molecule has 8 heteroatoms. The minimum Gasteiger partial charge on any atom is -0.350 e. The molecule has 0 aliphatic carbocycles. The number of amides is 3. The van der Waals surface area contributed by atoms with Gasteiger partial charge >= 0.3 is 0 Å². The van der Waals surface area contributed by atoms with E-state index in [1.807, 2.05) is 0 Å². The van der Waals surface area contributed by atoms with E-state index in [4.69, 9.17) is 0 Å². The maximum Gasteiger partial charge on any atom is 0.282 e. The topological polar surface area (TPSA) is 78.5 Å². The van der Waals surface area contributed by atoms with Crippen LogP contribution in [0.15, 0.2) is 78.5 Å². The van der Waals surface area contributed by atoms with Crippen molar-refractivity contribution in [1.82, 2.24) is 0 Å². The van der Waals surface area contributed by atoms with Crippen LogP contribution >= 0.6 is 0 Å². The van der Waals surface area contributed by atoms with Gasteiger partial charge in [-0.3, -0.25) is 14.4 Å². The first-order valence-electron chi connectivity index (χ1n) is 9.63. The monoisotopic (exact) mass is 433 g/mol. The van der Waals surface area contributed by atoms with Gasteiger partial charge in [0, 0.05) is 18.3 Å². The van der Waals surface area contributed by atoms with Crippen LogP contribution in [0, 0.1) is 11.6 Å². The summed E-state index contributed by atoms with van der Waals surface area (Å²) in [5.41, 5.74) is 1.06. The van der Waals surface area contributed by atoms with Gasteiger partial charge in [-0.1, -0.05) is 24.3 Å². The Morgan fingerprint density at radius 2 is 1.44 bits per heavy atom. The van der Waals surface area contributed by atoms with Crippen molar-refractivity contribution in [3.8, 4) is 0 Å². The van der Waals surface area contributed by atoms with Crippen LogP contribution in [-0.4, -0.2) is 17.7 Å². The van der Waals surface area contributed by atoms with Gasteiger partial charge in [0.25, 0.3) is 11.8 Å². The number of nitrogens with one attached hydrogen (secondary N) is 2. The maximum absolute atomic E-state index is 14.4. The van der Waals surface area contributed by atoms with E-state index in [1.54, 1.807) is 24.3 Å². The number of hydrogen-bond acceptors (Lipinski definition) is 4. The lowest BCUT2D eigenvalue weighted by Crippen LogP contribution is -2.33. The summed E-state index contributed by atoms with van der Waals surface area (Å²) in [6.45, 7) is 1.38. The Morgan fingerprint density at radius 1 is 0.812 bits per heavy atom. The van der Waals surface area contributed by atoms with E-state index >= 15 is 0 Å². The summed E-state index contributed by atoms with van der Waals surface area (Å²) >= 11 is 0. The Morgan fingerprint density at radius 3 is 2.06 bits per heavy atom. The molecule has 0 radical (unpaired) electrons. The molecule has 1 aliphatic rings. The predicted molar refractivity (Wildman–Crippen MR) is 117 cm³/mol. The molecule has 0 saturated carbocycles. The lowest BCUT2D eigenvalue weighted by Gasteiger charge is -2.16. The average molecular weight is 433 g/mol. The van der Waals surface area contributed by atoms with Crippen LogP contribution in [0.25, 0.3) is 5.57 Å². The fourth-order valence-corrected chi connectivity index (χ4v) is 3.37. The van der Waals surface area contributed by atoms with Gasteiger partial charge in [-0.25, -0.2) is 13.7 Å². The molecule has 32 heavy (non-hydrogen) atoms. The number of para-hydroxylation sites is 1. The normalized spacial score (nSPS) is 13.5. The minimum atomic E-state index is -0.745. The first kappa shape index (κ1) is 20.9. The van der Waals surface area contributed by atoms with Gasteiger partial charge in [-0.15, -0.1) is 0 Å². The third kappa shape index (κ3) is 3.98. The van der Waals surface area contributed by atoms with E-state index in [0.29, 0.717) is 16.9 Å². The summed E-state index contributed by atoms with van der Waals surface area (Å²) in [7, 11) is 0. The Kier molecular flexibility index (Phi) is 5.51. The Hall–Kier alpha value is -4.33. The number of rotatable bonds is 5. The van der Waals surface area contributed by atoms with Crippen molar-refractivity contribution in [1.29, 1.82) is 0 Å². The van der Waals surface area contributed by atoms with Crippen molar-refractivity contribution in [3.05, 3.63) is 95.7 Å². The third-order valence-corrected chi connectivity index (χ3v) is 4.78. The van der Waals surface area contributed by atoms with Crippen molar-refractivity contribution in [3.63, 3.8) is 0 Å². The molecule has 3 aromatic carbocycles. The Balaban J connectivity index is 1.76. The highest BCUT2D eigenvalue weighted by Gasteiger charge is 2.41. The fraction of sp³-hybridized carbons (Fsp3) is 0.0417. The summed E-state index contributed by atoms with van der Waals surface area (Å²) < 4.78 is 27.8. The van der Waals surface area contributed by atoms with Crippen LogP contribution in [-0.2, 0) is 14.4 Å². The molecule has 0 spiro atoms. The van der Waals surface area contributed by atoms with Crippen LogP contribution in [0.5, 0.6) is 0 Å². The molecule has 0 aromatic heterocycles. The van der Waals surface area contributed by atoms with Crippen molar-refractivity contribution < 1.29 is 23.2 Å². The lowest BCUT2D eigenvalue weighted by atomic mass is 10.0. The highest BCUT2D eigenvalue weighted by atomic mass is 19.1. The molecular weight excluding hydrogens is 416 g/mol. The highest BCUT2D eigenvalue weighted by Crippen LogP contribution is 2.35. The van der Waals surface area contributed by atoms with Crippen molar-refractivity contribution in [2.75, 3.05) is 15.5 Å². The van der Waals surface area contributed by atoms with E-state index < -0.39 is 23.4 Å². The summed E-state index contributed by atoms with van der Waals surface area (Å²) in [6.07, 6.45) is 0. The predicted octanol–water partition coefficient (Wildman–Crippen LogP) is 4.32. The zero-order valence-corrected chi connectivity index (χ0v) is 16.9. The molecule has 3 aromatic rings. The lowest BCUT2D eigenvalue weighted by molar-refractivity contribution is -0.120. The number of carbonyl (C=O) groups is 3. The van der Waals surface area contributed by atoms with Crippen molar-refractivity contribution in [2.24, 2.45) is 0 Å². The molecule has 0 bridgehead atoms. The number of anilines is 3. The molecule has 0 saturated heterocycles. The molecule has 0 unspecified atom stereocenters. The van der Waals surface area contributed by atoms with E-state index in [-0.39, 0.29) is 22.9 Å². The SMILES string of the molecule is CC(=O)Nc1ccc(NC2=C(c3ccc(F)cc3)C(=O)N(c3ccccc3F)C2=O)cc1. The van der Waals surface area contributed by atoms with Crippen molar-refractivity contribution >= 4 is 40.4 Å². The summed E-state index contributed by atoms with van der Waals surface area (Å²) in [5.74, 6) is -2.94. The van der Waals surface area contributed by atoms with Gasteiger partial charge in [-0.2, -0.15) is 0 Å². The summed E-state index contributed by atoms with van der Waals surface area (Å²) in [4.78, 5) is 38.4. The largest absolute Gasteiger partial charge is 0.350 e. The molecule has 1 heterocycles. The fourth-order valence-electron chi connectivity index (χ4n) is 3.37. The van der Waals surface area contributed by atoms with Crippen LogP contribution in [0.3, 0.4) is 0 Å². The molecule has 0 fully saturated rings. The van der Waals surface area contributed by atoms with Gasteiger partial charge in [0.05, 0.1) is 11.3 Å². The Bertz CT molecular complexity index is 1250. The van der Waals surface area contributed by atoms with E-state index in [2.05, 4.69) is 10.6 Å². The molecule has 4 rings (SSSR count). The first-order valence-corrected chi connectivity index (χ1v) is 9.63. The average Bonchev–Trinajstić information content (AvgIpc) is 3.00. The molecular formula is C24H17F2N3O3. The second kappa shape index (κ2) is 8.43. The van der Waals surface area contributed by atoms with Gasteiger partial charge in [0.15, 0.2) is 0 Å². The molecule has 160 valence electrons. The summed E-state index contributed by atoms with van der Waals surface area (Å²) in [6, 6.07) is 17.0. The van der Waals surface area contributed by atoms with Crippen LogP contribution < -0.4 is 15.5 Å². The van der Waals surface area contributed by atoms with E-state index in [0.717, 1.165) is 11.0 Å². The Labute approximate surface area is 182 Å². The maximum atomic E-state index is 14.4. The molecule has 0 atom stereocenters. The number of imide groups is 1. The number of benzene rings is 3. The number of nitrogens with zero attached hydrogens (tertiary/aromatic N) is 1. The second-order valence-corrected chi connectivity index (χ2v) is 7.04.